The molecule has 0 aliphatic carbocycles. The van der Waals surface area contributed by atoms with E-state index in [0.29, 0.717) is 20.9 Å². The van der Waals surface area contributed by atoms with Crippen molar-refractivity contribution < 1.29 is 4.79 Å². The molecule has 6 heteroatoms. The van der Waals surface area contributed by atoms with Crippen LogP contribution in [0.5, 0.6) is 0 Å². The normalized spacial score (nSPS) is 23.7. The average molecular weight is 291 g/mol. The predicted octanol–water partition coefficient (Wildman–Crippen LogP) is 2.73. The minimum Gasteiger partial charge on any atom is -0.328 e. The van der Waals surface area contributed by atoms with Gasteiger partial charge in [-0.05, 0) is 18.2 Å². The maximum Gasteiger partial charge on any atom is 0.254 e. The van der Waals surface area contributed by atoms with E-state index in [9.17, 15) is 4.79 Å². The topological polar surface area (TPSA) is 41.1 Å². The van der Waals surface area contributed by atoms with Crippen molar-refractivity contribution in [2.75, 3.05) is 6.54 Å². The van der Waals surface area contributed by atoms with Crippen LogP contribution in [0.1, 0.15) is 17.3 Å². The van der Waals surface area contributed by atoms with Gasteiger partial charge in [0.1, 0.15) is 5.50 Å². The Hall–Kier alpha value is -0.420. The monoisotopic (exact) mass is 290 g/mol. The molecule has 2 atom stereocenters. The van der Waals surface area contributed by atoms with Crippen LogP contribution in [0.25, 0.3) is 0 Å². The molecule has 1 aromatic carbocycles. The molecule has 2 N–H and O–H groups in total. The summed E-state index contributed by atoms with van der Waals surface area (Å²) in [6.07, 6.45) is 0. The molecule has 1 aliphatic heterocycles. The third-order valence-corrected chi connectivity index (χ3v) is 4.13. The number of nitrogens with one attached hydrogen (secondary N) is 2. The molecule has 1 heterocycles. The molecule has 1 aromatic rings. The fourth-order valence-electron chi connectivity index (χ4n) is 1.56. The number of halogens is 2. The lowest BCUT2D eigenvalue weighted by Crippen LogP contribution is -2.39. The van der Waals surface area contributed by atoms with Crippen LogP contribution in [0.2, 0.25) is 10.0 Å². The Bertz CT molecular complexity index is 441. The average Bonchev–Trinajstić information content (AvgIpc) is 2.63. The van der Waals surface area contributed by atoms with E-state index in [4.69, 9.17) is 23.2 Å². The molecule has 1 fully saturated rings. The second kappa shape index (κ2) is 5.48. The first kappa shape index (κ1) is 13.0. The molecule has 1 amide bonds. The molecular formula is C11H12Cl2N2OS. The highest BCUT2D eigenvalue weighted by atomic mass is 35.5. The van der Waals surface area contributed by atoms with E-state index in [1.165, 1.54) is 0 Å². The summed E-state index contributed by atoms with van der Waals surface area (Å²) >= 11 is 13.4. The van der Waals surface area contributed by atoms with Gasteiger partial charge < -0.3 is 5.32 Å². The van der Waals surface area contributed by atoms with Gasteiger partial charge in [-0.3, -0.25) is 10.1 Å². The second-order valence-corrected chi connectivity index (χ2v) is 6.22. The maximum atomic E-state index is 11.9. The first-order chi connectivity index (χ1) is 8.06. The summed E-state index contributed by atoms with van der Waals surface area (Å²) in [6, 6.07) is 4.85. The van der Waals surface area contributed by atoms with E-state index < -0.39 is 0 Å². The Kier molecular flexibility index (Phi) is 4.20. The van der Waals surface area contributed by atoms with Crippen LogP contribution in [0.3, 0.4) is 0 Å². The smallest absolute Gasteiger partial charge is 0.254 e. The molecule has 0 saturated carbocycles. The zero-order valence-corrected chi connectivity index (χ0v) is 11.5. The summed E-state index contributed by atoms with van der Waals surface area (Å²) in [4.78, 5) is 11.9. The molecule has 92 valence electrons. The molecule has 1 saturated heterocycles. The predicted molar refractivity (Wildman–Crippen MR) is 72.8 cm³/mol. The summed E-state index contributed by atoms with van der Waals surface area (Å²) in [5.41, 5.74) is 0.391. The molecule has 0 radical (unpaired) electrons. The molecule has 3 nitrogen and oxygen atoms in total. The first-order valence-electron chi connectivity index (χ1n) is 5.21. The highest BCUT2D eigenvalue weighted by molar-refractivity contribution is 8.00. The Labute approximate surface area is 114 Å². The van der Waals surface area contributed by atoms with Gasteiger partial charge in [0.15, 0.2) is 0 Å². The number of thioether (sulfide) groups is 1. The van der Waals surface area contributed by atoms with Gasteiger partial charge in [-0.25, -0.2) is 0 Å². The van der Waals surface area contributed by atoms with Crippen molar-refractivity contribution in [2.45, 2.75) is 17.7 Å². The Morgan fingerprint density at radius 3 is 2.88 bits per heavy atom. The Morgan fingerprint density at radius 1 is 1.53 bits per heavy atom. The van der Waals surface area contributed by atoms with Crippen LogP contribution in [-0.4, -0.2) is 23.2 Å². The number of amides is 1. The van der Waals surface area contributed by atoms with Gasteiger partial charge in [0.05, 0.1) is 10.6 Å². The van der Waals surface area contributed by atoms with Crippen LogP contribution in [0, 0.1) is 0 Å². The summed E-state index contributed by atoms with van der Waals surface area (Å²) < 4.78 is 0. The summed E-state index contributed by atoms with van der Waals surface area (Å²) in [5, 5.41) is 7.46. The van der Waals surface area contributed by atoms with Crippen LogP contribution in [0.4, 0.5) is 0 Å². The molecule has 2 rings (SSSR count). The summed E-state index contributed by atoms with van der Waals surface area (Å²) in [7, 11) is 0. The van der Waals surface area contributed by atoms with Gasteiger partial charge in [0.2, 0.25) is 0 Å². The van der Waals surface area contributed by atoms with Crippen molar-refractivity contribution in [2.24, 2.45) is 0 Å². The standard InChI is InChI=1S/C11H12Cl2N2OS/c1-6-5-14-11(17-6)15-10(16)8-3-2-7(12)4-9(8)13/h2-4,6,11,14H,5H2,1H3,(H,15,16). The van der Waals surface area contributed by atoms with E-state index in [-0.39, 0.29) is 11.4 Å². The number of benzene rings is 1. The molecule has 2 unspecified atom stereocenters. The number of hydrogen-bond donors (Lipinski definition) is 2. The van der Waals surface area contributed by atoms with Gasteiger partial charge in [0, 0.05) is 16.8 Å². The van der Waals surface area contributed by atoms with Crippen molar-refractivity contribution in [3.63, 3.8) is 0 Å². The minimum atomic E-state index is -0.189. The summed E-state index contributed by atoms with van der Waals surface area (Å²) in [6.45, 7) is 3.00. The van der Waals surface area contributed by atoms with Crippen molar-refractivity contribution >= 4 is 40.9 Å². The number of rotatable bonds is 2. The highest BCUT2D eigenvalue weighted by Crippen LogP contribution is 2.23. The second-order valence-electron chi connectivity index (χ2n) is 3.83. The molecule has 0 bridgehead atoms. The van der Waals surface area contributed by atoms with E-state index in [2.05, 4.69) is 17.6 Å². The van der Waals surface area contributed by atoms with Gasteiger partial charge in [-0.15, -0.1) is 11.8 Å². The van der Waals surface area contributed by atoms with E-state index in [1.807, 2.05) is 0 Å². The Morgan fingerprint density at radius 2 is 2.29 bits per heavy atom. The van der Waals surface area contributed by atoms with Gasteiger partial charge in [0.25, 0.3) is 5.91 Å². The third kappa shape index (κ3) is 3.28. The van der Waals surface area contributed by atoms with E-state index >= 15 is 0 Å². The Balaban J connectivity index is 2.04. The van der Waals surface area contributed by atoms with Gasteiger partial charge in [-0.2, -0.15) is 0 Å². The van der Waals surface area contributed by atoms with Crippen molar-refractivity contribution in [3.8, 4) is 0 Å². The molecule has 17 heavy (non-hydrogen) atoms. The molecule has 1 aliphatic rings. The van der Waals surface area contributed by atoms with E-state index in [0.717, 1.165) is 6.54 Å². The fourth-order valence-corrected chi connectivity index (χ4v) is 3.08. The lowest BCUT2D eigenvalue weighted by molar-refractivity contribution is 0.0947. The number of carbonyl (C=O) groups excluding carboxylic acids is 1. The van der Waals surface area contributed by atoms with Crippen molar-refractivity contribution in [1.29, 1.82) is 0 Å². The summed E-state index contributed by atoms with van der Waals surface area (Å²) in [5.74, 6) is -0.189. The molecule has 0 aromatic heterocycles. The number of carbonyl (C=O) groups is 1. The SMILES string of the molecule is CC1CNC(NC(=O)c2ccc(Cl)cc2Cl)S1. The van der Waals surface area contributed by atoms with Crippen LogP contribution in [0.15, 0.2) is 18.2 Å². The highest BCUT2D eigenvalue weighted by Gasteiger charge is 2.23. The quantitative estimate of drug-likeness (QED) is 0.880. The van der Waals surface area contributed by atoms with Gasteiger partial charge >= 0.3 is 0 Å². The fraction of sp³-hybridized carbons (Fsp3) is 0.364. The largest absolute Gasteiger partial charge is 0.328 e. The molecule has 0 spiro atoms. The van der Waals surface area contributed by atoms with Crippen LogP contribution < -0.4 is 10.6 Å². The number of hydrogen-bond acceptors (Lipinski definition) is 3. The zero-order chi connectivity index (χ0) is 12.4. The zero-order valence-electron chi connectivity index (χ0n) is 9.17. The van der Waals surface area contributed by atoms with Crippen LogP contribution in [-0.2, 0) is 0 Å². The van der Waals surface area contributed by atoms with Crippen molar-refractivity contribution in [3.05, 3.63) is 33.8 Å². The van der Waals surface area contributed by atoms with Crippen molar-refractivity contribution in [1.82, 2.24) is 10.6 Å². The van der Waals surface area contributed by atoms with Crippen LogP contribution >= 0.6 is 35.0 Å². The first-order valence-corrected chi connectivity index (χ1v) is 6.91. The third-order valence-electron chi connectivity index (χ3n) is 2.40. The lowest BCUT2D eigenvalue weighted by atomic mass is 10.2. The van der Waals surface area contributed by atoms with Gasteiger partial charge in [-0.1, -0.05) is 30.1 Å². The minimum absolute atomic E-state index is 0.0516. The maximum absolute atomic E-state index is 11.9. The van der Waals surface area contributed by atoms with E-state index in [1.54, 1.807) is 30.0 Å². The lowest BCUT2D eigenvalue weighted by Gasteiger charge is -2.13. The molecular weight excluding hydrogens is 279 g/mol.